The van der Waals surface area contributed by atoms with Crippen molar-refractivity contribution >= 4 is 34.6 Å². The van der Waals surface area contributed by atoms with Crippen molar-refractivity contribution in [2.24, 2.45) is 0 Å². The van der Waals surface area contributed by atoms with Crippen molar-refractivity contribution in [2.75, 3.05) is 0 Å². The summed E-state index contributed by atoms with van der Waals surface area (Å²) in [5.41, 5.74) is 0.0175. The number of carbonyl (C=O) groups is 2. The molecule has 9 heteroatoms. The predicted molar refractivity (Wildman–Crippen MR) is 74.9 cm³/mol. The molecule has 0 fully saturated rings. The Hall–Kier alpha value is -1.87. The first kappa shape index (κ1) is 15.5. The van der Waals surface area contributed by atoms with E-state index in [9.17, 15) is 18.4 Å². The van der Waals surface area contributed by atoms with E-state index < -0.39 is 30.8 Å². The van der Waals surface area contributed by atoms with Crippen LogP contribution in [0.4, 0.5) is 8.78 Å². The number of alkyl halides is 2. The third kappa shape index (κ3) is 4.05. The first-order valence-electron chi connectivity index (χ1n) is 5.78. The second-order valence-electron chi connectivity index (χ2n) is 4.01. The molecule has 2 aromatic rings. The molecule has 0 aliphatic heterocycles. The zero-order valence-electron chi connectivity index (χ0n) is 10.5. The molecule has 0 saturated carbocycles. The highest BCUT2D eigenvalue weighted by Crippen LogP contribution is 2.27. The third-order valence-electron chi connectivity index (χ3n) is 2.49. The summed E-state index contributed by atoms with van der Waals surface area (Å²) in [6.07, 6.45) is -3.76. The molecule has 1 amide bonds. The average Bonchev–Trinajstić information content (AvgIpc) is 3.08. The maximum absolute atomic E-state index is 12.3. The minimum absolute atomic E-state index is 0.0175. The molecule has 2 aromatic heterocycles. The Bertz CT molecular complexity index is 628. The molecule has 0 saturated heterocycles. The summed E-state index contributed by atoms with van der Waals surface area (Å²) in [5.74, 6) is -2.28. The van der Waals surface area contributed by atoms with Crippen LogP contribution in [0, 0.1) is 0 Å². The van der Waals surface area contributed by atoms with Crippen molar-refractivity contribution in [3.63, 3.8) is 0 Å². The molecular formula is C12H10F2N2O3S2. The zero-order valence-corrected chi connectivity index (χ0v) is 12.1. The van der Waals surface area contributed by atoms with Gasteiger partial charge in [0, 0.05) is 11.8 Å². The second kappa shape index (κ2) is 6.72. The van der Waals surface area contributed by atoms with Crippen LogP contribution >= 0.6 is 22.7 Å². The molecule has 1 unspecified atom stereocenters. The molecule has 0 radical (unpaired) electrons. The summed E-state index contributed by atoms with van der Waals surface area (Å²) in [4.78, 5) is 27.6. The van der Waals surface area contributed by atoms with Crippen LogP contribution in [-0.4, -0.2) is 34.4 Å². The number of carboxylic acid groups (broad SMARTS) is 1. The lowest BCUT2D eigenvalue weighted by atomic mass is 10.2. The number of nitrogens with zero attached hydrogens (tertiary/aromatic N) is 1. The highest BCUT2D eigenvalue weighted by molar-refractivity contribution is 7.20. The highest BCUT2D eigenvalue weighted by atomic mass is 32.1. The smallest absolute Gasteiger partial charge is 0.326 e. The zero-order chi connectivity index (χ0) is 15.4. The Morgan fingerprint density at radius 3 is 2.71 bits per heavy atom. The van der Waals surface area contributed by atoms with Gasteiger partial charge in [-0.3, -0.25) is 4.79 Å². The van der Waals surface area contributed by atoms with Gasteiger partial charge in [-0.15, -0.1) is 22.7 Å². The van der Waals surface area contributed by atoms with Crippen molar-refractivity contribution in [1.82, 2.24) is 10.3 Å². The van der Waals surface area contributed by atoms with Gasteiger partial charge in [-0.05, 0) is 11.4 Å². The topological polar surface area (TPSA) is 79.3 Å². The molecule has 2 heterocycles. The lowest BCUT2D eigenvalue weighted by Crippen LogP contribution is -2.42. The van der Waals surface area contributed by atoms with Crippen LogP contribution in [0.1, 0.15) is 16.9 Å². The Balaban J connectivity index is 2.07. The first-order chi connectivity index (χ1) is 9.97. The van der Waals surface area contributed by atoms with E-state index in [1.807, 2.05) is 17.5 Å². The molecule has 2 rings (SSSR count). The largest absolute Gasteiger partial charge is 0.480 e. The van der Waals surface area contributed by atoms with Gasteiger partial charge in [0.05, 0.1) is 4.88 Å². The third-order valence-corrected chi connectivity index (χ3v) is 4.37. The molecule has 0 aliphatic carbocycles. The fourth-order valence-corrected chi connectivity index (χ4v) is 3.14. The number of nitrogens with one attached hydrogen (secondary N) is 1. The number of halogens is 2. The maximum atomic E-state index is 12.3. The number of aromatic nitrogens is 1. The summed E-state index contributed by atoms with van der Waals surface area (Å²) >= 11 is 2.68. The van der Waals surface area contributed by atoms with E-state index in [1.165, 1.54) is 28.1 Å². The van der Waals surface area contributed by atoms with Gasteiger partial charge in [-0.1, -0.05) is 6.07 Å². The van der Waals surface area contributed by atoms with E-state index in [4.69, 9.17) is 5.11 Å². The van der Waals surface area contributed by atoms with Crippen LogP contribution in [0.25, 0.3) is 9.88 Å². The Kier molecular flexibility index (Phi) is 4.97. The molecule has 21 heavy (non-hydrogen) atoms. The van der Waals surface area contributed by atoms with E-state index in [1.54, 1.807) is 0 Å². The summed E-state index contributed by atoms with van der Waals surface area (Å²) in [7, 11) is 0. The Labute approximate surface area is 126 Å². The molecule has 2 N–H and O–H groups in total. The van der Waals surface area contributed by atoms with Gasteiger partial charge < -0.3 is 10.4 Å². The van der Waals surface area contributed by atoms with E-state index in [2.05, 4.69) is 10.3 Å². The Morgan fingerprint density at radius 2 is 2.14 bits per heavy atom. The van der Waals surface area contributed by atoms with E-state index >= 15 is 0 Å². The number of rotatable bonds is 6. The summed E-state index contributed by atoms with van der Waals surface area (Å²) in [6, 6.07) is 2.04. The normalized spacial score (nSPS) is 12.3. The molecule has 0 spiro atoms. The maximum Gasteiger partial charge on any atom is 0.326 e. The van der Waals surface area contributed by atoms with Gasteiger partial charge in [-0.25, -0.2) is 18.6 Å². The van der Waals surface area contributed by atoms with Crippen molar-refractivity contribution < 1.29 is 23.5 Å². The van der Waals surface area contributed by atoms with Crippen molar-refractivity contribution in [3.05, 3.63) is 28.6 Å². The van der Waals surface area contributed by atoms with Crippen LogP contribution in [0.5, 0.6) is 0 Å². The number of thiophene rings is 1. The SMILES string of the molecule is O=C(NC(CC(F)F)C(=O)O)c1csc(-c2cccs2)n1. The van der Waals surface area contributed by atoms with Gasteiger partial charge in [0.1, 0.15) is 16.7 Å². The Morgan fingerprint density at radius 1 is 1.38 bits per heavy atom. The molecule has 0 bridgehead atoms. The predicted octanol–water partition coefficient (Wildman–Crippen LogP) is 2.71. The quantitative estimate of drug-likeness (QED) is 0.852. The fraction of sp³-hybridized carbons (Fsp3) is 0.250. The minimum Gasteiger partial charge on any atom is -0.480 e. The molecule has 112 valence electrons. The van der Waals surface area contributed by atoms with Crippen molar-refractivity contribution in [1.29, 1.82) is 0 Å². The monoisotopic (exact) mass is 332 g/mol. The summed E-state index contributed by atoms with van der Waals surface area (Å²) in [5, 5.41) is 14.8. The average molecular weight is 332 g/mol. The van der Waals surface area contributed by atoms with E-state index in [0.29, 0.717) is 5.01 Å². The number of thiazole rings is 1. The van der Waals surface area contributed by atoms with Crippen LogP contribution in [0.15, 0.2) is 22.9 Å². The number of hydrogen-bond acceptors (Lipinski definition) is 5. The highest BCUT2D eigenvalue weighted by Gasteiger charge is 2.25. The second-order valence-corrected chi connectivity index (χ2v) is 5.81. The number of carboxylic acids is 1. The molecule has 0 aliphatic rings. The van der Waals surface area contributed by atoms with Gasteiger partial charge in [0.25, 0.3) is 5.91 Å². The lowest BCUT2D eigenvalue weighted by molar-refractivity contribution is -0.140. The van der Waals surface area contributed by atoms with E-state index in [-0.39, 0.29) is 5.69 Å². The number of aliphatic carboxylic acids is 1. The fourth-order valence-electron chi connectivity index (χ4n) is 1.52. The molecular weight excluding hydrogens is 322 g/mol. The number of hydrogen-bond donors (Lipinski definition) is 2. The minimum atomic E-state index is -2.82. The van der Waals surface area contributed by atoms with Crippen LogP contribution in [-0.2, 0) is 4.79 Å². The summed E-state index contributed by atoms with van der Waals surface area (Å²) < 4.78 is 24.5. The van der Waals surface area contributed by atoms with Crippen LogP contribution < -0.4 is 5.32 Å². The molecule has 5 nitrogen and oxygen atoms in total. The van der Waals surface area contributed by atoms with Gasteiger partial charge >= 0.3 is 5.97 Å². The van der Waals surface area contributed by atoms with E-state index in [0.717, 1.165) is 4.88 Å². The van der Waals surface area contributed by atoms with Gasteiger partial charge in [0.15, 0.2) is 0 Å². The van der Waals surface area contributed by atoms with Gasteiger partial charge in [-0.2, -0.15) is 0 Å². The van der Waals surface area contributed by atoms with Crippen molar-refractivity contribution in [2.45, 2.75) is 18.9 Å². The summed E-state index contributed by atoms with van der Waals surface area (Å²) in [6.45, 7) is 0. The number of amides is 1. The standard InChI is InChI=1S/C12H10F2N2O3S2/c13-9(14)4-6(12(18)19)15-10(17)7-5-21-11(16-7)8-2-1-3-20-8/h1-3,5-6,9H,4H2,(H,15,17)(H,18,19). The van der Waals surface area contributed by atoms with Crippen molar-refractivity contribution in [3.8, 4) is 9.88 Å². The number of carbonyl (C=O) groups excluding carboxylic acids is 1. The van der Waals surface area contributed by atoms with Gasteiger partial charge in [0.2, 0.25) is 6.43 Å². The van der Waals surface area contributed by atoms with Crippen LogP contribution in [0.3, 0.4) is 0 Å². The molecule has 1 atom stereocenters. The molecule has 0 aromatic carbocycles. The lowest BCUT2D eigenvalue weighted by Gasteiger charge is -2.12. The van der Waals surface area contributed by atoms with Crippen LogP contribution in [0.2, 0.25) is 0 Å². The first-order valence-corrected chi connectivity index (χ1v) is 7.54.